The van der Waals surface area contributed by atoms with Crippen molar-refractivity contribution in [1.82, 2.24) is 5.32 Å². The van der Waals surface area contributed by atoms with Crippen LogP contribution in [0.3, 0.4) is 0 Å². The van der Waals surface area contributed by atoms with Gasteiger partial charge >= 0.3 is 5.97 Å². The molecule has 0 heterocycles. The van der Waals surface area contributed by atoms with E-state index in [0.717, 1.165) is 0 Å². The first-order chi connectivity index (χ1) is 9.01. The van der Waals surface area contributed by atoms with Crippen LogP contribution in [0, 0.1) is 0 Å². The molecule has 0 radical (unpaired) electrons. The van der Waals surface area contributed by atoms with Gasteiger partial charge in [-0.1, -0.05) is 50.1 Å². The number of nitrogens with one attached hydrogen (secondary N) is 1. The average molecular weight is 259 g/mol. The van der Waals surface area contributed by atoms with Crippen molar-refractivity contribution in [2.24, 2.45) is 0 Å². The zero-order chi connectivity index (χ0) is 14.8. The molecule has 0 aromatic heterocycles. The van der Waals surface area contributed by atoms with E-state index in [9.17, 15) is 9.59 Å². The number of carbonyl (C=O) groups excluding carboxylic acids is 1. The molecule has 4 nitrogen and oxygen atoms in total. The maximum atomic E-state index is 11.9. The lowest BCUT2D eigenvalue weighted by atomic mass is 10.1. The molecule has 0 fully saturated rings. The molecule has 4 heteroatoms. The molecule has 0 spiro atoms. The van der Waals surface area contributed by atoms with Gasteiger partial charge in [-0.25, -0.2) is 4.79 Å². The molecule has 0 aromatic carbocycles. The molecule has 0 bridgehead atoms. The molecule has 0 rings (SSSR count). The molecule has 0 aliphatic rings. The summed E-state index contributed by atoms with van der Waals surface area (Å²) in [4.78, 5) is 22.9. The average Bonchev–Trinajstić information content (AvgIpc) is 2.36. The van der Waals surface area contributed by atoms with E-state index in [1.807, 2.05) is 0 Å². The molecular weight excluding hydrogens is 242 g/mol. The zero-order valence-corrected chi connectivity index (χ0v) is 10.8. The number of rotatable bonds is 7. The highest BCUT2D eigenvalue weighted by atomic mass is 16.4. The minimum Gasteiger partial charge on any atom is -0.478 e. The van der Waals surface area contributed by atoms with E-state index in [4.69, 9.17) is 5.11 Å². The molecule has 0 aromatic rings. The van der Waals surface area contributed by atoms with Crippen molar-refractivity contribution in [1.29, 1.82) is 0 Å². The van der Waals surface area contributed by atoms with Gasteiger partial charge in [-0.3, -0.25) is 4.79 Å². The monoisotopic (exact) mass is 259 g/mol. The third kappa shape index (κ3) is 5.04. The van der Waals surface area contributed by atoms with E-state index in [1.165, 1.54) is 36.5 Å². The Morgan fingerprint density at radius 2 is 1.68 bits per heavy atom. The smallest absolute Gasteiger partial charge is 0.337 e. The van der Waals surface area contributed by atoms with Crippen LogP contribution in [0.2, 0.25) is 0 Å². The summed E-state index contributed by atoms with van der Waals surface area (Å²) in [5.74, 6) is -1.60. The van der Waals surface area contributed by atoms with Crippen molar-refractivity contribution in [3.8, 4) is 0 Å². The second-order valence-corrected chi connectivity index (χ2v) is 3.34. The Morgan fingerprint density at radius 1 is 1.11 bits per heavy atom. The Balaban J connectivity index is 5.34. The van der Waals surface area contributed by atoms with E-state index >= 15 is 0 Å². The van der Waals surface area contributed by atoms with Crippen molar-refractivity contribution in [3.05, 3.63) is 73.0 Å². The van der Waals surface area contributed by atoms with Crippen LogP contribution in [0.15, 0.2) is 73.0 Å². The highest BCUT2D eigenvalue weighted by molar-refractivity contribution is 6.00. The van der Waals surface area contributed by atoms with Crippen LogP contribution in [-0.4, -0.2) is 17.0 Å². The lowest BCUT2D eigenvalue weighted by Crippen LogP contribution is -2.26. The fourth-order valence-corrected chi connectivity index (χ4v) is 1.27. The Kier molecular flexibility index (Phi) is 7.30. The van der Waals surface area contributed by atoms with E-state index in [1.54, 1.807) is 6.92 Å². The van der Waals surface area contributed by atoms with Crippen LogP contribution in [0.1, 0.15) is 6.92 Å². The lowest BCUT2D eigenvalue weighted by Gasteiger charge is -2.10. The molecule has 0 aliphatic heterocycles. The van der Waals surface area contributed by atoms with Crippen molar-refractivity contribution in [3.63, 3.8) is 0 Å². The van der Waals surface area contributed by atoms with Crippen molar-refractivity contribution in [2.45, 2.75) is 6.92 Å². The van der Waals surface area contributed by atoms with Gasteiger partial charge in [-0.2, -0.15) is 0 Å². The Hall–Kier alpha value is -2.62. The van der Waals surface area contributed by atoms with E-state index in [-0.39, 0.29) is 16.8 Å². The van der Waals surface area contributed by atoms with Gasteiger partial charge in [0.05, 0.1) is 11.3 Å². The number of allylic oxidation sites excluding steroid dienone is 5. The van der Waals surface area contributed by atoms with Crippen LogP contribution in [0.5, 0.6) is 0 Å². The van der Waals surface area contributed by atoms with Crippen LogP contribution in [0.4, 0.5) is 0 Å². The molecule has 19 heavy (non-hydrogen) atoms. The van der Waals surface area contributed by atoms with E-state index in [2.05, 4.69) is 25.1 Å². The van der Waals surface area contributed by atoms with Gasteiger partial charge in [0.1, 0.15) is 0 Å². The van der Waals surface area contributed by atoms with Crippen LogP contribution in [-0.2, 0) is 9.59 Å². The van der Waals surface area contributed by atoms with Crippen molar-refractivity contribution < 1.29 is 14.7 Å². The van der Waals surface area contributed by atoms with Gasteiger partial charge in [-0.15, -0.1) is 0 Å². The SMILES string of the molecule is C=C/C=C(\C=C)C(=O)NC(=C/C=C)/C(=C\C)C(=O)O. The molecule has 0 atom stereocenters. The summed E-state index contributed by atoms with van der Waals surface area (Å²) in [5, 5.41) is 11.5. The highest BCUT2D eigenvalue weighted by Gasteiger charge is 2.15. The summed E-state index contributed by atoms with van der Waals surface area (Å²) in [7, 11) is 0. The number of carboxylic acid groups (broad SMARTS) is 1. The summed E-state index contributed by atoms with van der Waals surface area (Å²) in [6.07, 6.45) is 8.48. The quantitative estimate of drug-likeness (QED) is 0.545. The second-order valence-electron chi connectivity index (χ2n) is 3.34. The van der Waals surface area contributed by atoms with E-state index in [0.29, 0.717) is 0 Å². The molecule has 1 amide bonds. The molecular formula is C15H17NO3. The van der Waals surface area contributed by atoms with Gasteiger partial charge in [0, 0.05) is 5.57 Å². The fraction of sp³-hybridized carbons (Fsp3) is 0.0667. The van der Waals surface area contributed by atoms with Gasteiger partial charge in [0.2, 0.25) is 0 Å². The number of carbonyl (C=O) groups is 2. The number of hydrogen-bond acceptors (Lipinski definition) is 2. The lowest BCUT2D eigenvalue weighted by molar-refractivity contribution is -0.132. The summed E-state index contributed by atoms with van der Waals surface area (Å²) >= 11 is 0. The number of carboxylic acids is 1. The Bertz CT molecular complexity index is 494. The summed E-state index contributed by atoms with van der Waals surface area (Å²) < 4.78 is 0. The van der Waals surface area contributed by atoms with Crippen LogP contribution < -0.4 is 5.32 Å². The summed E-state index contributed by atoms with van der Waals surface area (Å²) in [5.41, 5.74) is 0.424. The Morgan fingerprint density at radius 3 is 2.05 bits per heavy atom. The van der Waals surface area contributed by atoms with Crippen molar-refractivity contribution >= 4 is 11.9 Å². The van der Waals surface area contributed by atoms with Gasteiger partial charge < -0.3 is 10.4 Å². The number of aliphatic carboxylic acids is 1. The normalized spacial score (nSPS) is 12.6. The van der Waals surface area contributed by atoms with Gasteiger partial charge in [-0.05, 0) is 13.0 Å². The maximum Gasteiger partial charge on any atom is 0.337 e. The van der Waals surface area contributed by atoms with Crippen LogP contribution >= 0.6 is 0 Å². The Labute approximate surface area is 112 Å². The zero-order valence-electron chi connectivity index (χ0n) is 10.8. The molecule has 0 aliphatic carbocycles. The summed E-state index contributed by atoms with van der Waals surface area (Å²) in [6.45, 7) is 12.0. The molecule has 0 saturated heterocycles. The predicted molar refractivity (Wildman–Crippen MR) is 76.3 cm³/mol. The first-order valence-corrected chi connectivity index (χ1v) is 5.51. The highest BCUT2D eigenvalue weighted by Crippen LogP contribution is 2.09. The second kappa shape index (κ2) is 8.47. The number of hydrogen-bond donors (Lipinski definition) is 2. The number of amides is 1. The van der Waals surface area contributed by atoms with Gasteiger partial charge in [0.25, 0.3) is 5.91 Å². The molecule has 2 N–H and O–H groups in total. The third-order valence-electron chi connectivity index (χ3n) is 2.12. The third-order valence-corrected chi connectivity index (χ3v) is 2.12. The van der Waals surface area contributed by atoms with Crippen LogP contribution in [0.25, 0.3) is 0 Å². The molecule has 0 saturated carbocycles. The standard InChI is InChI=1S/C15H17NO3/c1-5-9-11(7-3)14(17)16-13(10-6-2)12(8-4)15(18)19/h5-10H,1-3H2,4H3,(H,16,17)(H,18,19)/b11-9+,12-8+,13-10+. The first-order valence-electron chi connectivity index (χ1n) is 5.51. The predicted octanol–water partition coefficient (Wildman–Crippen LogP) is 2.50. The largest absolute Gasteiger partial charge is 0.478 e. The topological polar surface area (TPSA) is 66.4 Å². The first kappa shape index (κ1) is 16.4. The minimum atomic E-state index is -1.14. The maximum absolute atomic E-state index is 11.9. The van der Waals surface area contributed by atoms with E-state index < -0.39 is 11.9 Å². The fourth-order valence-electron chi connectivity index (χ4n) is 1.27. The minimum absolute atomic E-state index is 0.0183. The molecule has 100 valence electrons. The van der Waals surface area contributed by atoms with Crippen molar-refractivity contribution in [2.75, 3.05) is 0 Å². The van der Waals surface area contributed by atoms with Gasteiger partial charge in [0.15, 0.2) is 0 Å². The summed E-state index contributed by atoms with van der Waals surface area (Å²) in [6, 6.07) is 0. The molecule has 0 unspecified atom stereocenters.